The van der Waals surface area contributed by atoms with Crippen LogP contribution in [0.5, 0.6) is 0 Å². The van der Waals surface area contributed by atoms with Crippen LogP contribution in [-0.2, 0) is 11.3 Å². The SMILES string of the molecule is CCOC1CCN(c2c(F)cccc2CNC)CC1. The lowest BCUT2D eigenvalue weighted by Gasteiger charge is -2.34. The van der Waals surface area contributed by atoms with Crippen molar-refractivity contribution in [2.75, 3.05) is 31.6 Å². The van der Waals surface area contributed by atoms with E-state index in [1.54, 1.807) is 12.1 Å². The third kappa shape index (κ3) is 3.45. The molecule has 1 aromatic rings. The summed E-state index contributed by atoms with van der Waals surface area (Å²) < 4.78 is 19.7. The molecule has 0 spiro atoms. The van der Waals surface area contributed by atoms with Crippen molar-refractivity contribution in [2.45, 2.75) is 32.4 Å². The molecule has 0 aromatic heterocycles. The van der Waals surface area contributed by atoms with E-state index in [0.29, 0.717) is 12.6 Å². The molecule has 4 heteroatoms. The summed E-state index contributed by atoms with van der Waals surface area (Å²) in [6, 6.07) is 5.31. The molecular formula is C15H23FN2O. The maximum atomic E-state index is 14.1. The van der Waals surface area contributed by atoms with E-state index in [2.05, 4.69) is 10.2 Å². The van der Waals surface area contributed by atoms with E-state index in [4.69, 9.17) is 4.74 Å². The lowest BCUT2D eigenvalue weighted by Crippen LogP contribution is -2.38. The van der Waals surface area contributed by atoms with Crippen LogP contribution in [0.15, 0.2) is 18.2 Å². The molecule has 1 aliphatic rings. The van der Waals surface area contributed by atoms with Crippen LogP contribution in [0, 0.1) is 5.82 Å². The third-order valence-corrected chi connectivity index (χ3v) is 3.60. The molecule has 1 N–H and O–H groups in total. The van der Waals surface area contributed by atoms with Crippen LogP contribution in [0.3, 0.4) is 0 Å². The molecule has 1 aromatic carbocycles. The molecule has 3 nitrogen and oxygen atoms in total. The molecule has 1 saturated heterocycles. The number of hydrogen-bond acceptors (Lipinski definition) is 3. The van der Waals surface area contributed by atoms with Crippen LogP contribution in [0.4, 0.5) is 10.1 Å². The van der Waals surface area contributed by atoms with Gasteiger partial charge in [0.2, 0.25) is 0 Å². The average Bonchev–Trinajstić information content (AvgIpc) is 2.41. The van der Waals surface area contributed by atoms with E-state index in [0.717, 1.165) is 43.8 Å². The maximum absolute atomic E-state index is 14.1. The molecule has 0 saturated carbocycles. The van der Waals surface area contributed by atoms with Crippen molar-refractivity contribution in [3.63, 3.8) is 0 Å². The minimum absolute atomic E-state index is 0.123. The van der Waals surface area contributed by atoms with Gasteiger partial charge < -0.3 is 15.0 Å². The average molecular weight is 266 g/mol. The van der Waals surface area contributed by atoms with Crippen molar-refractivity contribution >= 4 is 5.69 Å². The van der Waals surface area contributed by atoms with Crippen molar-refractivity contribution in [3.8, 4) is 0 Å². The fourth-order valence-electron chi connectivity index (χ4n) is 2.73. The Balaban J connectivity index is 2.10. The summed E-state index contributed by atoms with van der Waals surface area (Å²) >= 11 is 0. The highest BCUT2D eigenvalue weighted by Gasteiger charge is 2.23. The first-order chi connectivity index (χ1) is 9.26. The number of anilines is 1. The van der Waals surface area contributed by atoms with Gasteiger partial charge in [-0.3, -0.25) is 0 Å². The molecule has 19 heavy (non-hydrogen) atoms. The van der Waals surface area contributed by atoms with Crippen LogP contribution in [0.2, 0.25) is 0 Å². The number of rotatable bonds is 5. The van der Waals surface area contributed by atoms with Gasteiger partial charge in [0.05, 0.1) is 11.8 Å². The quantitative estimate of drug-likeness (QED) is 0.886. The van der Waals surface area contributed by atoms with Gasteiger partial charge >= 0.3 is 0 Å². The summed E-state index contributed by atoms with van der Waals surface area (Å²) in [5, 5.41) is 3.10. The van der Waals surface area contributed by atoms with E-state index in [9.17, 15) is 4.39 Å². The number of nitrogens with zero attached hydrogens (tertiary/aromatic N) is 1. The zero-order chi connectivity index (χ0) is 13.7. The molecule has 0 aliphatic carbocycles. The fourth-order valence-corrected chi connectivity index (χ4v) is 2.73. The van der Waals surface area contributed by atoms with E-state index in [1.807, 2.05) is 20.0 Å². The molecule has 0 radical (unpaired) electrons. The third-order valence-electron chi connectivity index (χ3n) is 3.60. The molecule has 1 fully saturated rings. The molecule has 106 valence electrons. The predicted molar refractivity (Wildman–Crippen MR) is 76.0 cm³/mol. The monoisotopic (exact) mass is 266 g/mol. The van der Waals surface area contributed by atoms with Crippen molar-refractivity contribution in [3.05, 3.63) is 29.6 Å². The maximum Gasteiger partial charge on any atom is 0.146 e. The first-order valence-corrected chi connectivity index (χ1v) is 7.04. The highest BCUT2D eigenvalue weighted by atomic mass is 19.1. The first kappa shape index (κ1) is 14.3. The minimum atomic E-state index is -0.123. The highest BCUT2D eigenvalue weighted by molar-refractivity contribution is 5.55. The Labute approximate surface area is 114 Å². The predicted octanol–water partition coefficient (Wildman–Crippen LogP) is 2.55. The van der Waals surface area contributed by atoms with Crippen LogP contribution in [-0.4, -0.2) is 32.8 Å². The normalized spacial score (nSPS) is 16.9. The zero-order valence-corrected chi connectivity index (χ0v) is 11.8. The van der Waals surface area contributed by atoms with Crippen molar-refractivity contribution in [1.29, 1.82) is 0 Å². The second kappa shape index (κ2) is 6.87. The van der Waals surface area contributed by atoms with Gasteiger partial charge in [-0.15, -0.1) is 0 Å². The van der Waals surface area contributed by atoms with Gasteiger partial charge in [-0.25, -0.2) is 4.39 Å². The summed E-state index contributed by atoms with van der Waals surface area (Å²) in [7, 11) is 1.88. The first-order valence-electron chi connectivity index (χ1n) is 7.04. The second-order valence-corrected chi connectivity index (χ2v) is 4.92. The zero-order valence-electron chi connectivity index (χ0n) is 11.8. The van der Waals surface area contributed by atoms with Gasteiger partial charge in [-0.2, -0.15) is 0 Å². The Hall–Kier alpha value is -1.13. The van der Waals surface area contributed by atoms with Gasteiger partial charge in [0, 0.05) is 26.2 Å². The van der Waals surface area contributed by atoms with Crippen LogP contribution in [0.1, 0.15) is 25.3 Å². The molecule has 0 amide bonds. The standard InChI is InChI=1S/C15H23FN2O/c1-3-19-13-7-9-18(10-8-13)15-12(11-17-2)5-4-6-14(15)16/h4-6,13,17H,3,7-11H2,1-2H3. The molecule has 0 unspecified atom stereocenters. The molecule has 1 heterocycles. The van der Waals surface area contributed by atoms with Crippen LogP contribution in [0.25, 0.3) is 0 Å². The smallest absolute Gasteiger partial charge is 0.146 e. The molecular weight excluding hydrogens is 243 g/mol. The van der Waals surface area contributed by atoms with E-state index in [-0.39, 0.29) is 5.82 Å². The highest BCUT2D eigenvalue weighted by Crippen LogP contribution is 2.28. The Morgan fingerprint density at radius 2 is 2.11 bits per heavy atom. The molecule has 2 rings (SSSR count). The number of hydrogen-bond donors (Lipinski definition) is 1. The second-order valence-electron chi connectivity index (χ2n) is 4.92. The summed E-state index contributed by atoms with van der Waals surface area (Å²) in [6.07, 6.45) is 2.28. The van der Waals surface area contributed by atoms with E-state index >= 15 is 0 Å². The van der Waals surface area contributed by atoms with E-state index in [1.165, 1.54) is 0 Å². The summed E-state index contributed by atoms with van der Waals surface area (Å²) in [5.74, 6) is -0.123. The Bertz CT molecular complexity index is 403. The molecule has 0 bridgehead atoms. The van der Waals surface area contributed by atoms with Crippen molar-refractivity contribution in [1.82, 2.24) is 5.32 Å². The summed E-state index contributed by atoms with van der Waals surface area (Å²) in [5.41, 5.74) is 1.78. The minimum Gasteiger partial charge on any atom is -0.378 e. The van der Waals surface area contributed by atoms with Gasteiger partial charge in [-0.1, -0.05) is 12.1 Å². The Morgan fingerprint density at radius 3 is 2.74 bits per heavy atom. The van der Waals surface area contributed by atoms with Crippen LogP contribution >= 0.6 is 0 Å². The molecule has 0 atom stereocenters. The number of piperidine rings is 1. The Kier molecular flexibility index (Phi) is 5.16. The number of benzene rings is 1. The van der Waals surface area contributed by atoms with Crippen LogP contribution < -0.4 is 10.2 Å². The summed E-state index contributed by atoms with van der Waals surface area (Å²) in [6.45, 7) is 5.20. The number of halogens is 1. The van der Waals surface area contributed by atoms with Gasteiger partial charge in [0.25, 0.3) is 0 Å². The van der Waals surface area contributed by atoms with Crippen molar-refractivity contribution in [2.24, 2.45) is 0 Å². The lowest BCUT2D eigenvalue weighted by atomic mass is 10.0. The summed E-state index contributed by atoms with van der Waals surface area (Å²) in [4.78, 5) is 2.15. The van der Waals surface area contributed by atoms with Gasteiger partial charge in [0.1, 0.15) is 5.82 Å². The van der Waals surface area contributed by atoms with Crippen molar-refractivity contribution < 1.29 is 9.13 Å². The lowest BCUT2D eigenvalue weighted by molar-refractivity contribution is 0.0458. The number of ether oxygens (including phenoxy) is 1. The molecule has 1 aliphatic heterocycles. The number of nitrogens with one attached hydrogen (secondary N) is 1. The Morgan fingerprint density at radius 1 is 1.37 bits per heavy atom. The van der Waals surface area contributed by atoms with Gasteiger partial charge in [-0.05, 0) is 38.4 Å². The number of para-hydroxylation sites is 1. The van der Waals surface area contributed by atoms with E-state index < -0.39 is 0 Å². The largest absolute Gasteiger partial charge is 0.378 e. The fraction of sp³-hybridized carbons (Fsp3) is 0.600. The topological polar surface area (TPSA) is 24.5 Å². The van der Waals surface area contributed by atoms with Gasteiger partial charge in [0.15, 0.2) is 0 Å².